The first-order valence-electron chi connectivity index (χ1n) is 6.98. The summed E-state index contributed by atoms with van der Waals surface area (Å²) >= 11 is 6.34. The van der Waals surface area contributed by atoms with E-state index in [-0.39, 0.29) is 0 Å². The van der Waals surface area contributed by atoms with Crippen molar-refractivity contribution in [1.82, 2.24) is 0 Å². The van der Waals surface area contributed by atoms with Gasteiger partial charge in [0.25, 0.3) is 0 Å². The zero-order valence-electron chi connectivity index (χ0n) is 11.2. The fourth-order valence-corrected chi connectivity index (χ4v) is 3.25. The number of para-hydroxylation sites is 1. The maximum absolute atomic E-state index is 6.34. The van der Waals surface area contributed by atoms with Crippen LogP contribution in [-0.4, -0.2) is 13.1 Å². The number of piperidine rings is 1. The van der Waals surface area contributed by atoms with Crippen molar-refractivity contribution in [3.05, 3.63) is 28.8 Å². The van der Waals surface area contributed by atoms with E-state index >= 15 is 0 Å². The second-order valence-corrected chi connectivity index (χ2v) is 5.58. The highest BCUT2D eigenvalue weighted by molar-refractivity contribution is 6.33. The maximum atomic E-state index is 6.34. The van der Waals surface area contributed by atoms with Gasteiger partial charge >= 0.3 is 0 Å². The lowest BCUT2D eigenvalue weighted by Crippen LogP contribution is -2.34. The molecule has 1 heterocycles. The third-order valence-electron chi connectivity index (χ3n) is 3.92. The van der Waals surface area contributed by atoms with Crippen LogP contribution in [0.2, 0.25) is 5.02 Å². The molecule has 0 bridgehead atoms. The van der Waals surface area contributed by atoms with E-state index in [1.165, 1.54) is 25.7 Å². The van der Waals surface area contributed by atoms with Crippen LogP contribution in [0.25, 0.3) is 0 Å². The van der Waals surface area contributed by atoms with Crippen LogP contribution in [0.4, 0.5) is 5.69 Å². The summed E-state index contributed by atoms with van der Waals surface area (Å²) in [5.41, 5.74) is 8.14. The molecule has 0 radical (unpaired) electrons. The summed E-state index contributed by atoms with van der Waals surface area (Å²) in [6, 6.07) is 6.03. The molecule has 2 nitrogen and oxygen atoms in total. The van der Waals surface area contributed by atoms with E-state index in [2.05, 4.69) is 17.9 Å². The number of nitrogens with zero attached hydrogens (tertiary/aromatic N) is 1. The molecule has 0 atom stereocenters. The van der Waals surface area contributed by atoms with Crippen LogP contribution in [0.3, 0.4) is 0 Å². The van der Waals surface area contributed by atoms with Gasteiger partial charge in [-0.25, -0.2) is 0 Å². The van der Waals surface area contributed by atoms with E-state index in [1.807, 2.05) is 12.1 Å². The van der Waals surface area contributed by atoms with Gasteiger partial charge in [0.1, 0.15) is 0 Å². The van der Waals surface area contributed by atoms with Gasteiger partial charge in [0, 0.05) is 19.6 Å². The van der Waals surface area contributed by atoms with Crippen LogP contribution < -0.4 is 10.6 Å². The van der Waals surface area contributed by atoms with Gasteiger partial charge in [-0.05, 0) is 30.4 Å². The number of benzene rings is 1. The Labute approximate surface area is 115 Å². The minimum absolute atomic E-state index is 0.560. The molecule has 1 aliphatic rings. The summed E-state index contributed by atoms with van der Waals surface area (Å²) in [5, 5.41) is 0.840. The van der Waals surface area contributed by atoms with Crippen molar-refractivity contribution in [2.75, 3.05) is 18.0 Å². The van der Waals surface area contributed by atoms with Gasteiger partial charge in [-0.15, -0.1) is 0 Å². The molecule has 2 N–H and O–H groups in total. The number of halogens is 1. The second kappa shape index (κ2) is 6.44. The lowest BCUT2D eigenvalue weighted by Gasteiger charge is -2.35. The first-order valence-corrected chi connectivity index (χ1v) is 7.36. The Bertz CT molecular complexity index is 384. The Kier molecular flexibility index (Phi) is 4.90. The lowest BCUT2D eigenvalue weighted by atomic mass is 9.92. The fraction of sp³-hybridized carbons (Fsp3) is 0.600. The van der Waals surface area contributed by atoms with Gasteiger partial charge in [-0.2, -0.15) is 0 Å². The van der Waals surface area contributed by atoms with Crippen molar-refractivity contribution in [2.24, 2.45) is 11.7 Å². The van der Waals surface area contributed by atoms with Crippen molar-refractivity contribution in [3.63, 3.8) is 0 Å². The Hall–Kier alpha value is -0.730. The quantitative estimate of drug-likeness (QED) is 0.898. The molecule has 0 spiro atoms. The Morgan fingerprint density at radius 1 is 1.33 bits per heavy atom. The normalized spacial score (nSPS) is 17.2. The molecular formula is C15H23ClN2. The van der Waals surface area contributed by atoms with Gasteiger partial charge in [0.15, 0.2) is 0 Å². The Balaban J connectivity index is 2.09. The van der Waals surface area contributed by atoms with Crippen LogP contribution in [0.5, 0.6) is 0 Å². The second-order valence-electron chi connectivity index (χ2n) is 5.17. The standard InChI is InChI=1S/C15H23ClN2/c1-2-4-12-7-9-18(10-8-12)15-13(11-17)5-3-6-14(15)16/h3,5-6,12H,2,4,7-11,17H2,1H3. The Morgan fingerprint density at radius 3 is 2.67 bits per heavy atom. The summed E-state index contributed by atoms with van der Waals surface area (Å²) in [5.74, 6) is 0.898. The van der Waals surface area contributed by atoms with Gasteiger partial charge < -0.3 is 10.6 Å². The highest BCUT2D eigenvalue weighted by Gasteiger charge is 2.21. The van der Waals surface area contributed by atoms with E-state index < -0.39 is 0 Å². The molecule has 18 heavy (non-hydrogen) atoms. The molecular weight excluding hydrogens is 244 g/mol. The van der Waals surface area contributed by atoms with Crippen LogP contribution in [-0.2, 0) is 6.54 Å². The molecule has 1 aliphatic heterocycles. The highest BCUT2D eigenvalue weighted by Crippen LogP contribution is 2.33. The zero-order valence-corrected chi connectivity index (χ0v) is 11.9. The number of hydrogen-bond donors (Lipinski definition) is 1. The predicted molar refractivity (Wildman–Crippen MR) is 79.2 cm³/mol. The molecule has 0 aromatic heterocycles. The minimum atomic E-state index is 0.560. The molecule has 2 rings (SSSR count). The van der Waals surface area contributed by atoms with E-state index in [0.717, 1.165) is 35.3 Å². The monoisotopic (exact) mass is 266 g/mol. The molecule has 1 saturated heterocycles. The summed E-state index contributed by atoms with van der Waals surface area (Å²) in [6.07, 6.45) is 5.22. The van der Waals surface area contributed by atoms with Gasteiger partial charge in [0.05, 0.1) is 10.7 Å². The van der Waals surface area contributed by atoms with Crippen molar-refractivity contribution in [2.45, 2.75) is 39.2 Å². The number of rotatable bonds is 4. The molecule has 100 valence electrons. The van der Waals surface area contributed by atoms with Gasteiger partial charge in [-0.3, -0.25) is 0 Å². The first-order chi connectivity index (χ1) is 8.76. The first kappa shape index (κ1) is 13.7. The molecule has 0 aliphatic carbocycles. The van der Waals surface area contributed by atoms with Crippen LogP contribution >= 0.6 is 11.6 Å². The van der Waals surface area contributed by atoms with Gasteiger partial charge in [-0.1, -0.05) is 43.5 Å². The third kappa shape index (κ3) is 2.99. The largest absolute Gasteiger partial charge is 0.370 e. The number of anilines is 1. The van der Waals surface area contributed by atoms with E-state index in [9.17, 15) is 0 Å². The molecule has 0 saturated carbocycles. The Morgan fingerprint density at radius 2 is 2.06 bits per heavy atom. The van der Waals surface area contributed by atoms with Crippen LogP contribution in [0.1, 0.15) is 38.2 Å². The van der Waals surface area contributed by atoms with Gasteiger partial charge in [0.2, 0.25) is 0 Å². The van der Waals surface area contributed by atoms with Crippen LogP contribution in [0.15, 0.2) is 18.2 Å². The van der Waals surface area contributed by atoms with Crippen molar-refractivity contribution < 1.29 is 0 Å². The molecule has 1 aromatic carbocycles. The zero-order chi connectivity index (χ0) is 13.0. The average Bonchev–Trinajstić information content (AvgIpc) is 2.40. The summed E-state index contributed by atoms with van der Waals surface area (Å²) in [7, 11) is 0. The number of hydrogen-bond acceptors (Lipinski definition) is 2. The average molecular weight is 267 g/mol. The lowest BCUT2D eigenvalue weighted by molar-refractivity contribution is 0.378. The molecule has 0 unspecified atom stereocenters. The summed E-state index contributed by atoms with van der Waals surface area (Å²) in [4.78, 5) is 2.41. The summed E-state index contributed by atoms with van der Waals surface area (Å²) < 4.78 is 0. The topological polar surface area (TPSA) is 29.3 Å². The van der Waals surface area contributed by atoms with E-state index in [4.69, 9.17) is 17.3 Å². The maximum Gasteiger partial charge on any atom is 0.0642 e. The van der Waals surface area contributed by atoms with E-state index in [1.54, 1.807) is 0 Å². The molecule has 0 amide bonds. The van der Waals surface area contributed by atoms with E-state index in [0.29, 0.717) is 6.54 Å². The molecule has 1 fully saturated rings. The predicted octanol–water partition coefficient (Wildman–Crippen LogP) is 3.82. The summed E-state index contributed by atoms with van der Waals surface area (Å²) in [6.45, 7) is 5.06. The number of nitrogens with two attached hydrogens (primary N) is 1. The minimum Gasteiger partial charge on any atom is -0.370 e. The third-order valence-corrected chi connectivity index (χ3v) is 4.22. The van der Waals surface area contributed by atoms with Crippen LogP contribution in [0, 0.1) is 5.92 Å². The molecule has 3 heteroatoms. The smallest absolute Gasteiger partial charge is 0.0642 e. The highest BCUT2D eigenvalue weighted by atomic mass is 35.5. The SMILES string of the molecule is CCCC1CCN(c2c(Cl)cccc2CN)CC1. The van der Waals surface area contributed by atoms with Crippen molar-refractivity contribution >= 4 is 17.3 Å². The van der Waals surface area contributed by atoms with Crippen molar-refractivity contribution in [3.8, 4) is 0 Å². The fourth-order valence-electron chi connectivity index (χ4n) is 2.93. The molecule has 1 aromatic rings. The van der Waals surface area contributed by atoms with Crippen molar-refractivity contribution in [1.29, 1.82) is 0 Å².